The molecule has 0 fully saturated rings. The summed E-state index contributed by atoms with van der Waals surface area (Å²) in [5, 5.41) is 12.4. The van der Waals surface area contributed by atoms with E-state index in [1.54, 1.807) is 0 Å². The maximum absolute atomic E-state index is 10.9. The number of nitrogens with zero attached hydrogens (tertiary/aromatic N) is 1. The van der Waals surface area contributed by atoms with E-state index in [1.165, 1.54) is 6.92 Å². The predicted molar refractivity (Wildman–Crippen MR) is 59.1 cm³/mol. The SMILES string of the molecule is CC(=O)Nc1ccc(P(=O)(O)O)cc1[N+](=O)[O-].[Na+]. The Morgan fingerprint density at radius 3 is 2.39 bits per heavy atom. The summed E-state index contributed by atoms with van der Waals surface area (Å²) < 4.78 is 10.9. The summed E-state index contributed by atoms with van der Waals surface area (Å²) in [6, 6.07) is 2.85. The first-order valence-electron chi connectivity index (χ1n) is 4.34. The number of hydrogen-bond donors (Lipinski definition) is 3. The molecule has 0 aliphatic heterocycles. The summed E-state index contributed by atoms with van der Waals surface area (Å²) in [5.41, 5.74) is -0.680. The molecule has 0 saturated carbocycles. The minimum absolute atomic E-state index is 0. The van der Waals surface area contributed by atoms with E-state index in [-0.39, 0.29) is 35.2 Å². The van der Waals surface area contributed by atoms with E-state index >= 15 is 0 Å². The molecule has 0 aliphatic rings. The maximum atomic E-state index is 10.9. The van der Waals surface area contributed by atoms with Crippen LogP contribution in [0.3, 0.4) is 0 Å². The quantitative estimate of drug-likeness (QED) is 0.241. The van der Waals surface area contributed by atoms with Crippen LogP contribution in [0.5, 0.6) is 0 Å². The smallest absolute Gasteiger partial charge is 0.321 e. The monoisotopic (exact) mass is 283 g/mol. The second-order valence-electron chi connectivity index (χ2n) is 3.18. The van der Waals surface area contributed by atoms with E-state index in [9.17, 15) is 19.5 Å². The normalized spacial score (nSPS) is 10.4. The van der Waals surface area contributed by atoms with Crippen LogP contribution in [0.2, 0.25) is 0 Å². The van der Waals surface area contributed by atoms with Crippen molar-refractivity contribution in [2.45, 2.75) is 6.92 Å². The molecule has 0 saturated heterocycles. The van der Waals surface area contributed by atoms with Gasteiger partial charge in [0.2, 0.25) is 5.91 Å². The fraction of sp³-hybridized carbons (Fsp3) is 0.125. The van der Waals surface area contributed by atoms with Gasteiger partial charge in [0.15, 0.2) is 0 Å². The molecule has 0 bridgehead atoms. The van der Waals surface area contributed by atoms with Gasteiger partial charge in [0.1, 0.15) is 5.69 Å². The standard InChI is InChI=1S/C8H9N2O6P.Na/c1-5(11)9-7-3-2-6(17(14,15)16)4-8(7)10(12)13;/h2-4H,1H3,(H,9,11)(H2,14,15,16);/q;+1. The second kappa shape index (κ2) is 6.42. The average Bonchev–Trinajstić information content (AvgIpc) is 2.15. The van der Waals surface area contributed by atoms with Gasteiger partial charge in [-0.2, -0.15) is 0 Å². The van der Waals surface area contributed by atoms with Gasteiger partial charge in [-0.25, -0.2) is 0 Å². The Labute approximate surface area is 124 Å². The van der Waals surface area contributed by atoms with E-state index in [0.717, 1.165) is 18.2 Å². The molecule has 0 aliphatic carbocycles. The Hall–Kier alpha value is -0.760. The summed E-state index contributed by atoms with van der Waals surface area (Å²) in [6.45, 7) is 1.17. The number of hydrogen-bond acceptors (Lipinski definition) is 4. The first kappa shape index (κ1) is 17.2. The fourth-order valence-corrected chi connectivity index (χ4v) is 1.71. The number of anilines is 1. The molecule has 1 rings (SSSR count). The number of rotatable bonds is 3. The number of nitro benzene ring substituents is 1. The van der Waals surface area contributed by atoms with Crippen molar-refractivity contribution >= 4 is 30.2 Å². The third kappa shape index (κ3) is 4.49. The van der Waals surface area contributed by atoms with Crippen molar-refractivity contribution in [3.63, 3.8) is 0 Å². The number of amides is 1. The third-order valence-electron chi connectivity index (χ3n) is 1.83. The van der Waals surface area contributed by atoms with Crippen LogP contribution >= 0.6 is 7.60 Å². The summed E-state index contributed by atoms with van der Waals surface area (Å²) in [4.78, 5) is 38.4. The van der Waals surface area contributed by atoms with Gasteiger partial charge in [0.05, 0.1) is 10.2 Å². The van der Waals surface area contributed by atoms with Gasteiger partial charge in [0, 0.05) is 13.0 Å². The number of benzene rings is 1. The molecule has 0 unspecified atom stereocenters. The van der Waals surface area contributed by atoms with Crippen LogP contribution in [-0.2, 0) is 9.36 Å². The van der Waals surface area contributed by atoms with Crippen molar-refractivity contribution in [2.75, 3.05) is 5.32 Å². The van der Waals surface area contributed by atoms with E-state index in [1.807, 2.05) is 0 Å². The van der Waals surface area contributed by atoms with Crippen molar-refractivity contribution in [3.05, 3.63) is 28.3 Å². The van der Waals surface area contributed by atoms with Crippen molar-refractivity contribution < 1.29 is 53.6 Å². The van der Waals surface area contributed by atoms with Crippen molar-refractivity contribution in [1.82, 2.24) is 0 Å². The van der Waals surface area contributed by atoms with E-state index in [0.29, 0.717) is 0 Å². The van der Waals surface area contributed by atoms with Crippen LogP contribution < -0.4 is 40.2 Å². The summed E-state index contributed by atoms with van der Waals surface area (Å²) in [7, 11) is -4.56. The summed E-state index contributed by atoms with van der Waals surface area (Å²) >= 11 is 0. The van der Waals surface area contributed by atoms with E-state index in [2.05, 4.69) is 5.32 Å². The molecule has 92 valence electrons. The number of carbonyl (C=O) groups is 1. The summed E-state index contributed by atoms with van der Waals surface area (Å²) in [5.74, 6) is -0.517. The molecule has 0 aromatic heterocycles. The maximum Gasteiger partial charge on any atom is 1.00 e. The van der Waals surface area contributed by atoms with Crippen LogP contribution in [0.1, 0.15) is 6.92 Å². The van der Waals surface area contributed by atoms with Gasteiger partial charge in [-0.15, -0.1) is 0 Å². The molecular formula is C8H9N2NaO6P+. The first-order chi connectivity index (χ1) is 7.71. The van der Waals surface area contributed by atoms with Crippen LogP contribution in [0, 0.1) is 10.1 Å². The number of carbonyl (C=O) groups excluding carboxylic acids is 1. The minimum Gasteiger partial charge on any atom is -0.321 e. The molecule has 1 aromatic carbocycles. The predicted octanol–water partition coefficient (Wildman–Crippen LogP) is -2.64. The van der Waals surface area contributed by atoms with Crippen LogP contribution in [0.4, 0.5) is 11.4 Å². The van der Waals surface area contributed by atoms with Gasteiger partial charge in [-0.1, -0.05) is 0 Å². The Bertz CT molecular complexity index is 528. The first-order valence-corrected chi connectivity index (χ1v) is 5.95. The number of nitrogens with one attached hydrogen (secondary N) is 1. The van der Waals surface area contributed by atoms with Gasteiger partial charge in [-0.3, -0.25) is 19.5 Å². The van der Waals surface area contributed by atoms with Crippen LogP contribution in [0.25, 0.3) is 0 Å². The van der Waals surface area contributed by atoms with Crippen molar-refractivity contribution in [3.8, 4) is 0 Å². The third-order valence-corrected chi connectivity index (χ3v) is 2.78. The van der Waals surface area contributed by atoms with Gasteiger partial charge < -0.3 is 15.1 Å². The molecule has 3 N–H and O–H groups in total. The van der Waals surface area contributed by atoms with Crippen molar-refractivity contribution in [1.29, 1.82) is 0 Å². The largest absolute Gasteiger partial charge is 1.00 e. The zero-order valence-electron chi connectivity index (χ0n) is 9.65. The summed E-state index contributed by atoms with van der Waals surface area (Å²) in [6.07, 6.45) is 0. The van der Waals surface area contributed by atoms with Crippen LogP contribution in [-0.4, -0.2) is 20.6 Å². The van der Waals surface area contributed by atoms with Crippen LogP contribution in [0.15, 0.2) is 18.2 Å². The second-order valence-corrected chi connectivity index (χ2v) is 4.79. The molecule has 10 heteroatoms. The Morgan fingerprint density at radius 2 is 2.00 bits per heavy atom. The Balaban J connectivity index is 0.00000289. The van der Waals surface area contributed by atoms with Crippen molar-refractivity contribution in [2.24, 2.45) is 0 Å². The van der Waals surface area contributed by atoms with Gasteiger partial charge in [0.25, 0.3) is 5.69 Å². The topological polar surface area (TPSA) is 130 Å². The van der Waals surface area contributed by atoms with Gasteiger partial charge in [-0.05, 0) is 12.1 Å². The molecule has 18 heavy (non-hydrogen) atoms. The zero-order chi connectivity index (χ0) is 13.2. The van der Waals surface area contributed by atoms with E-state index in [4.69, 9.17) is 9.79 Å². The van der Waals surface area contributed by atoms with Gasteiger partial charge >= 0.3 is 37.2 Å². The molecule has 8 nitrogen and oxygen atoms in total. The zero-order valence-corrected chi connectivity index (χ0v) is 12.5. The Kier molecular flexibility index (Phi) is 6.15. The molecule has 0 atom stereocenters. The molecule has 1 amide bonds. The minimum atomic E-state index is -4.56. The number of nitro groups is 1. The van der Waals surface area contributed by atoms with E-state index < -0.39 is 29.4 Å². The molecule has 1 aromatic rings. The molecular weight excluding hydrogens is 274 g/mol. The molecule has 0 spiro atoms. The fourth-order valence-electron chi connectivity index (χ4n) is 1.15. The molecule has 0 heterocycles. The average molecular weight is 283 g/mol. The molecule has 0 radical (unpaired) electrons. The Morgan fingerprint density at radius 1 is 1.44 bits per heavy atom.